The van der Waals surface area contributed by atoms with Crippen LogP contribution in [0.25, 0.3) is 0 Å². The normalized spacial score (nSPS) is 17.3. The van der Waals surface area contributed by atoms with E-state index < -0.39 is 0 Å². The fourth-order valence-corrected chi connectivity index (χ4v) is 4.12. The Morgan fingerprint density at radius 3 is 2.50 bits per heavy atom. The summed E-state index contributed by atoms with van der Waals surface area (Å²) < 4.78 is 5.95. The Morgan fingerprint density at radius 2 is 1.79 bits per heavy atom. The molecule has 0 radical (unpaired) electrons. The predicted molar refractivity (Wildman–Crippen MR) is 112 cm³/mol. The minimum Gasteiger partial charge on any atom is -0.488 e. The zero-order valence-electron chi connectivity index (χ0n) is 16.7. The molecule has 2 aliphatic rings. The van der Waals surface area contributed by atoms with Gasteiger partial charge in [-0.05, 0) is 61.0 Å². The highest BCUT2D eigenvalue weighted by atomic mass is 16.5. The van der Waals surface area contributed by atoms with E-state index in [1.165, 1.54) is 31.5 Å². The molecule has 1 fully saturated rings. The van der Waals surface area contributed by atoms with Crippen LogP contribution in [0.3, 0.4) is 0 Å². The maximum absolute atomic E-state index is 11.7. The molecule has 2 aromatic carbocycles. The Labute approximate surface area is 167 Å². The van der Waals surface area contributed by atoms with Gasteiger partial charge in [0.1, 0.15) is 12.4 Å². The number of hydrogen-bond donors (Lipinski definition) is 0. The summed E-state index contributed by atoms with van der Waals surface area (Å²) in [5, 5.41) is 0. The van der Waals surface area contributed by atoms with Gasteiger partial charge in [0, 0.05) is 18.3 Å². The molecule has 1 amide bonds. The van der Waals surface area contributed by atoms with Gasteiger partial charge in [-0.1, -0.05) is 44.2 Å². The number of carbonyl (C=O) groups excluding carboxylic acids is 1. The van der Waals surface area contributed by atoms with Gasteiger partial charge in [-0.3, -0.25) is 9.69 Å². The second-order valence-electron chi connectivity index (χ2n) is 8.24. The minimum atomic E-state index is -0.192. The fraction of sp³-hybridized carbons (Fsp3) is 0.417. The number of likely N-dealkylation sites (tertiary alicyclic amines) is 1. The lowest BCUT2D eigenvalue weighted by Crippen LogP contribution is -2.34. The van der Waals surface area contributed by atoms with Crippen LogP contribution in [0.1, 0.15) is 53.7 Å². The second kappa shape index (κ2) is 8.27. The van der Waals surface area contributed by atoms with E-state index in [9.17, 15) is 4.79 Å². The Bertz CT molecular complexity index is 863. The van der Waals surface area contributed by atoms with Crippen LogP contribution in [-0.2, 0) is 13.2 Å². The van der Waals surface area contributed by atoms with E-state index in [1.807, 2.05) is 12.1 Å². The third kappa shape index (κ3) is 4.17. The highest BCUT2D eigenvalue weighted by molar-refractivity contribution is 6.14. The largest absolute Gasteiger partial charge is 0.488 e. The number of amides is 1. The summed E-state index contributed by atoms with van der Waals surface area (Å²) in [6, 6.07) is 14.2. The van der Waals surface area contributed by atoms with Crippen molar-refractivity contribution in [2.75, 3.05) is 13.1 Å². The highest BCUT2D eigenvalue weighted by Gasteiger charge is 2.21. The molecule has 4 rings (SSSR count). The molecule has 0 bridgehead atoms. The molecular weight excluding hydrogens is 348 g/mol. The summed E-state index contributed by atoms with van der Waals surface area (Å²) in [6.45, 7) is 8.60. The average molecular weight is 377 g/mol. The number of aliphatic imine (C=N–C) groups is 1. The van der Waals surface area contributed by atoms with E-state index in [2.05, 4.69) is 48.0 Å². The lowest BCUT2D eigenvalue weighted by Gasteiger charge is -2.33. The zero-order chi connectivity index (χ0) is 19.5. The summed E-state index contributed by atoms with van der Waals surface area (Å²) >= 11 is 0. The second-order valence-corrected chi connectivity index (χ2v) is 8.24. The number of fused-ring (bicyclic) bond motifs is 1. The first-order valence-electron chi connectivity index (χ1n) is 10.2. The summed E-state index contributed by atoms with van der Waals surface area (Å²) in [6.07, 6.45) is 4.23. The quantitative estimate of drug-likeness (QED) is 0.733. The van der Waals surface area contributed by atoms with Crippen molar-refractivity contribution in [3.05, 3.63) is 64.7 Å². The van der Waals surface area contributed by atoms with Crippen molar-refractivity contribution in [3.8, 4) is 5.75 Å². The molecule has 0 saturated carbocycles. The van der Waals surface area contributed by atoms with Crippen molar-refractivity contribution in [1.82, 2.24) is 4.90 Å². The van der Waals surface area contributed by atoms with Crippen molar-refractivity contribution in [2.45, 2.75) is 39.8 Å². The molecule has 0 atom stereocenters. The van der Waals surface area contributed by atoms with E-state index >= 15 is 0 Å². The van der Waals surface area contributed by atoms with Gasteiger partial charge in [0.25, 0.3) is 5.91 Å². The molecule has 2 heterocycles. The molecule has 2 aliphatic heterocycles. The zero-order valence-corrected chi connectivity index (χ0v) is 16.7. The summed E-state index contributed by atoms with van der Waals surface area (Å²) in [4.78, 5) is 18.1. The topological polar surface area (TPSA) is 41.9 Å². The van der Waals surface area contributed by atoms with Gasteiger partial charge in [0.05, 0.1) is 5.56 Å². The molecule has 146 valence electrons. The third-order valence-corrected chi connectivity index (χ3v) is 6.01. The predicted octanol–water partition coefficient (Wildman–Crippen LogP) is 4.71. The summed E-state index contributed by atoms with van der Waals surface area (Å²) in [5.74, 6) is 2.21. The van der Waals surface area contributed by atoms with Gasteiger partial charge in [-0.25, -0.2) is 4.99 Å². The molecule has 0 aliphatic carbocycles. The lowest BCUT2D eigenvalue weighted by atomic mass is 9.86. The smallest absolute Gasteiger partial charge is 0.277 e. The van der Waals surface area contributed by atoms with Crippen molar-refractivity contribution in [1.29, 1.82) is 0 Å². The Morgan fingerprint density at radius 1 is 1.07 bits per heavy atom. The number of ether oxygens (including phenoxy) is 1. The van der Waals surface area contributed by atoms with Crippen LogP contribution in [0.4, 0.5) is 0 Å². The Hall–Kier alpha value is -2.46. The lowest BCUT2D eigenvalue weighted by molar-refractivity contribution is 0.101. The van der Waals surface area contributed by atoms with Crippen LogP contribution >= 0.6 is 0 Å². The van der Waals surface area contributed by atoms with E-state index in [1.54, 1.807) is 12.3 Å². The number of benzene rings is 2. The van der Waals surface area contributed by atoms with E-state index in [-0.39, 0.29) is 5.91 Å². The van der Waals surface area contributed by atoms with Crippen molar-refractivity contribution in [2.24, 2.45) is 16.8 Å². The molecule has 0 spiro atoms. The van der Waals surface area contributed by atoms with Gasteiger partial charge >= 0.3 is 0 Å². The number of nitrogens with zero attached hydrogens (tertiary/aromatic N) is 2. The van der Waals surface area contributed by atoms with Gasteiger partial charge in [-0.2, -0.15) is 0 Å². The third-order valence-electron chi connectivity index (χ3n) is 6.01. The minimum absolute atomic E-state index is 0.192. The Balaban J connectivity index is 1.31. The van der Waals surface area contributed by atoms with Crippen LogP contribution in [0.2, 0.25) is 0 Å². The molecule has 2 aromatic rings. The molecule has 1 saturated heterocycles. The van der Waals surface area contributed by atoms with E-state index in [0.29, 0.717) is 17.9 Å². The summed E-state index contributed by atoms with van der Waals surface area (Å²) in [5.41, 5.74) is 3.88. The standard InChI is InChI=1S/C24H28N2O2/c1-17(2)20-10-12-26(13-11-20)15-18-6-8-19(9-7-18)16-28-23-5-3-4-21-22(23)14-25-24(21)27/h3-9,14,17,20H,10-13,15-16H2,1-2H3. The van der Waals surface area contributed by atoms with Crippen molar-refractivity contribution < 1.29 is 9.53 Å². The Kier molecular flexibility index (Phi) is 5.58. The first-order chi connectivity index (χ1) is 13.6. The fourth-order valence-electron chi connectivity index (χ4n) is 4.12. The van der Waals surface area contributed by atoms with E-state index in [4.69, 9.17) is 4.74 Å². The SMILES string of the molecule is CC(C)C1CCN(Cc2ccc(COc3cccc4c3C=NC4=O)cc2)CC1. The number of carbonyl (C=O) groups is 1. The number of hydrogen-bond acceptors (Lipinski definition) is 3. The molecule has 4 heteroatoms. The average Bonchev–Trinajstić information content (AvgIpc) is 3.09. The van der Waals surface area contributed by atoms with E-state index in [0.717, 1.165) is 29.5 Å². The van der Waals surface area contributed by atoms with Crippen LogP contribution in [-0.4, -0.2) is 30.1 Å². The molecule has 0 N–H and O–H groups in total. The molecular formula is C24H28N2O2. The monoisotopic (exact) mass is 376 g/mol. The van der Waals surface area contributed by atoms with Crippen molar-refractivity contribution in [3.63, 3.8) is 0 Å². The molecule has 28 heavy (non-hydrogen) atoms. The molecule has 0 unspecified atom stereocenters. The first-order valence-corrected chi connectivity index (χ1v) is 10.2. The van der Waals surface area contributed by atoms with Crippen LogP contribution in [0, 0.1) is 11.8 Å². The summed E-state index contributed by atoms with van der Waals surface area (Å²) in [7, 11) is 0. The van der Waals surface area contributed by atoms with Crippen LogP contribution < -0.4 is 4.74 Å². The maximum atomic E-state index is 11.7. The number of rotatable bonds is 6. The number of piperidine rings is 1. The molecule has 4 nitrogen and oxygen atoms in total. The maximum Gasteiger partial charge on any atom is 0.277 e. The first kappa shape index (κ1) is 18.9. The van der Waals surface area contributed by atoms with Crippen LogP contribution in [0.15, 0.2) is 47.5 Å². The molecule has 0 aromatic heterocycles. The van der Waals surface area contributed by atoms with Gasteiger partial charge in [0.2, 0.25) is 0 Å². The highest BCUT2D eigenvalue weighted by Crippen LogP contribution is 2.27. The van der Waals surface area contributed by atoms with Gasteiger partial charge in [-0.15, -0.1) is 0 Å². The van der Waals surface area contributed by atoms with Crippen molar-refractivity contribution >= 4 is 12.1 Å². The van der Waals surface area contributed by atoms with Gasteiger partial charge < -0.3 is 4.74 Å². The van der Waals surface area contributed by atoms with Crippen LogP contribution in [0.5, 0.6) is 5.75 Å². The van der Waals surface area contributed by atoms with Gasteiger partial charge in [0.15, 0.2) is 0 Å².